The summed E-state index contributed by atoms with van der Waals surface area (Å²) in [6.07, 6.45) is 0. The summed E-state index contributed by atoms with van der Waals surface area (Å²) in [5.74, 6) is 0.903. The zero-order chi connectivity index (χ0) is 11.3. The van der Waals surface area contributed by atoms with Gasteiger partial charge in [-0.1, -0.05) is 26.0 Å². The highest BCUT2D eigenvalue weighted by Gasteiger charge is 2.05. The molecule has 1 aromatic rings. The molecule has 0 spiro atoms. The predicted octanol–water partition coefficient (Wildman–Crippen LogP) is 1.97. The zero-order valence-corrected chi connectivity index (χ0v) is 9.41. The molecule has 0 aliphatic heterocycles. The molecule has 0 saturated carbocycles. The van der Waals surface area contributed by atoms with Crippen molar-refractivity contribution in [2.45, 2.75) is 20.4 Å². The molecule has 0 atom stereocenters. The fourth-order valence-corrected chi connectivity index (χ4v) is 1.18. The lowest BCUT2D eigenvalue weighted by Gasteiger charge is -2.08. The number of methoxy groups -OCH3 is 1. The molecule has 1 aromatic carbocycles. The summed E-state index contributed by atoms with van der Waals surface area (Å²) in [7, 11) is 1.63. The highest BCUT2D eigenvalue weighted by Crippen LogP contribution is 2.12. The van der Waals surface area contributed by atoms with E-state index < -0.39 is 0 Å². The maximum atomic E-state index is 11.3. The minimum atomic E-state index is 0.0237. The summed E-state index contributed by atoms with van der Waals surface area (Å²) in [5.41, 5.74) is 1.04. The normalized spacial score (nSPS) is 10.1. The van der Waals surface area contributed by atoms with E-state index in [-0.39, 0.29) is 11.8 Å². The first-order chi connectivity index (χ1) is 7.13. The molecule has 15 heavy (non-hydrogen) atoms. The van der Waals surface area contributed by atoms with Gasteiger partial charge in [0.2, 0.25) is 5.91 Å². The lowest BCUT2D eigenvalue weighted by Crippen LogP contribution is -2.27. The predicted molar refractivity (Wildman–Crippen MR) is 59.7 cm³/mol. The Labute approximate surface area is 90.4 Å². The van der Waals surface area contributed by atoms with Gasteiger partial charge in [-0.2, -0.15) is 0 Å². The molecule has 1 N–H and O–H groups in total. The first-order valence-electron chi connectivity index (χ1n) is 5.04. The highest BCUT2D eigenvalue weighted by atomic mass is 16.5. The quantitative estimate of drug-likeness (QED) is 0.819. The van der Waals surface area contributed by atoms with Gasteiger partial charge in [-0.25, -0.2) is 0 Å². The zero-order valence-electron chi connectivity index (χ0n) is 9.41. The molecule has 0 fully saturated rings. The van der Waals surface area contributed by atoms with Gasteiger partial charge in [0.15, 0.2) is 0 Å². The number of amides is 1. The molecule has 0 bridgehead atoms. The van der Waals surface area contributed by atoms with Crippen LogP contribution in [0.1, 0.15) is 19.4 Å². The number of carbonyl (C=O) groups is 1. The molecule has 0 aliphatic carbocycles. The van der Waals surface area contributed by atoms with E-state index in [0.29, 0.717) is 6.54 Å². The number of carbonyl (C=O) groups excluding carboxylic acids is 1. The standard InChI is InChI=1S/C12H17NO2/c1-9(2)12(14)13-8-10-5-4-6-11(7-10)15-3/h4-7,9H,8H2,1-3H3,(H,13,14). The summed E-state index contributed by atoms with van der Waals surface area (Å²) in [5, 5.41) is 2.86. The van der Waals surface area contributed by atoms with Gasteiger partial charge in [-0.05, 0) is 17.7 Å². The summed E-state index contributed by atoms with van der Waals surface area (Å²) in [4.78, 5) is 11.3. The van der Waals surface area contributed by atoms with Gasteiger partial charge < -0.3 is 10.1 Å². The van der Waals surface area contributed by atoms with Gasteiger partial charge >= 0.3 is 0 Å². The summed E-state index contributed by atoms with van der Waals surface area (Å²) in [6, 6.07) is 7.67. The van der Waals surface area contributed by atoms with E-state index in [1.807, 2.05) is 38.1 Å². The number of nitrogens with one attached hydrogen (secondary N) is 1. The van der Waals surface area contributed by atoms with Crippen molar-refractivity contribution < 1.29 is 9.53 Å². The molecule has 0 aromatic heterocycles. The molecule has 3 nitrogen and oxygen atoms in total. The summed E-state index contributed by atoms with van der Waals surface area (Å²) in [6.45, 7) is 4.30. The lowest BCUT2D eigenvalue weighted by atomic mass is 10.2. The second-order valence-corrected chi connectivity index (χ2v) is 3.72. The first-order valence-corrected chi connectivity index (χ1v) is 5.04. The molecular weight excluding hydrogens is 190 g/mol. The Bertz CT molecular complexity index is 334. The molecule has 0 aliphatic rings. The molecule has 0 heterocycles. The van der Waals surface area contributed by atoms with Crippen molar-refractivity contribution >= 4 is 5.91 Å². The summed E-state index contributed by atoms with van der Waals surface area (Å²) < 4.78 is 5.10. The van der Waals surface area contributed by atoms with E-state index in [1.54, 1.807) is 7.11 Å². The number of rotatable bonds is 4. The van der Waals surface area contributed by atoms with Crippen LogP contribution in [0.25, 0.3) is 0 Å². The Kier molecular flexibility index (Phi) is 4.16. The van der Waals surface area contributed by atoms with Crippen molar-refractivity contribution in [2.75, 3.05) is 7.11 Å². The van der Waals surface area contributed by atoms with Crippen molar-refractivity contribution in [3.63, 3.8) is 0 Å². The van der Waals surface area contributed by atoms with Gasteiger partial charge in [0, 0.05) is 12.5 Å². The fraction of sp³-hybridized carbons (Fsp3) is 0.417. The Hall–Kier alpha value is -1.51. The number of ether oxygens (including phenoxy) is 1. The Morgan fingerprint density at radius 2 is 2.20 bits per heavy atom. The molecule has 0 radical (unpaired) electrons. The van der Waals surface area contributed by atoms with E-state index in [4.69, 9.17) is 4.74 Å². The van der Waals surface area contributed by atoms with Crippen LogP contribution in [0.2, 0.25) is 0 Å². The third-order valence-electron chi connectivity index (χ3n) is 2.13. The molecular formula is C12H17NO2. The minimum absolute atomic E-state index is 0.0237. The second-order valence-electron chi connectivity index (χ2n) is 3.72. The molecule has 0 saturated heterocycles. The Morgan fingerprint density at radius 1 is 1.47 bits per heavy atom. The molecule has 1 amide bonds. The van der Waals surface area contributed by atoms with E-state index in [9.17, 15) is 4.79 Å². The second kappa shape index (κ2) is 5.39. The SMILES string of the molecule is COc1cccc(CNC(=O)C(C)C)c1. The van der Waals surface area contributed by atoms with Crippen LogP contribution in [0.5, 0.6) is 5.75 Å². The van der Waals surface area contributed by atoms with Crippen LogP contribution in [-0.2, 0) is 11.3 Å². The maximum Gasteiger partial charge on any atom is 0.222 e. The maximum absolute atomic E-state index is 11.3. The largest absolute Gasteiger partial charge is 0.497 e. The van der Waals surface area contributed by atoms with Crippen molar-refractivity contribution in [1.82, 2.24) is 5.32 Å². The number of hydrogen-bond acceptors (Lipinski definition) is 2. The van der Waals surface area contributed by atoms with Gasteiger partial charge in [0.1, 0.15) is 5.75 Å². The van der Waals surface area contributed by atoms with Crippen molar-refractivity contribution in [1.29, 1.82) is 0 Å². The van der Waals surface area contributed by atoms with Gasteiger partial charge in [-0.3, -0.25) is 4.79 Å². The average Bonchev–Trinajstić information content (AvgIpc) is 2.26. The van der Waals surface area contributed by atoms with Crippen LogP contribution in [0.3, 0.4) is 0 Å². The minimum Gasteiger partial charge on any atom is -0.497 e. The van der Waals surface area contributed by atoms with Gasteiger partial charge in [0.05, 0.1) is 7.11 Å². The van der Waals surface area contributed by atoms with E-state index >= 15 is 0 Å². The van der Waals surface area contributed by atoms with Crippen LogP contribution in [-0.4, -0.2) is 13.0 Å². The molecule has 0 unspecified atom stereocenters. The van der Waals surface area contributed by atoms with Crippen molar-refractivity contribution in [3.8, 4) is 5.75 Å². The van der Waals surface area contributed by atoms with E-state index in [2.05, 4.69) is 5.32 Å². The van der Waals surface area contributed by atoms with E-state index in [1.165, 1.54) is 0 Å². The third kappa shape index (κ3) is 3.62. The molecule has 82 valence electrons. The van der Waals surface area contributed by atoms with Crippen LogP contribution in [0.15, 0.2) is 24.3 Å². The van der Waals surface area contributed by atoms with Crippen molar-refractivity contribution in [3.05, 3.63) is 29.8 Å². The smallest absolute Gasteiger partial charge is 0.222 e. The average molecular weight is 207 g/mol. The van der Waals surface area contributed by atoms with Crippen LogP contribution >= 0.6 is 0 Å². The summed E-state index contributed by atoms with van der Waals surface area (Å²) >= 11 is 0. The number of hydrogen-bond donors (Lipinski definition) is 1. The number of benzene rings is 1. The van der Waals surface area contributed by atoms with Gasteiger partial charge in [0.25, 0.3) is 0 Å². The Balaban J connectivity index is 2.54. The van der Waals surface area contributed by atoms with E-state index in [0.717, 1.165) is 11.3 Å². The van der Waals surface area contributed by atoms with Crippen LogP contribution < -0.4 is 10.1 Å². The Morgan fingerprint density at radius 3 is 2.80 bits per heavy atom. The molecule has 3 heteroatoms. The monoisotopic (exact) mass is 207 g/mol. The fourth-order valence-electron chi connectivity index (χ4n) is 1.18. The van der Waals surface area contributed by atoms with Crippen LogP contribution in [0, 0.1) is 5.92 Å². The highest BCUT2D eigenvalue weighted by molar-refractivity contribution is 5.77. The van der Waals surface area contributed by atoms with Crippen LogP contribution in [0.4, 0.5) is 0 Å². The third-order valence-corrected chi connectivity index (χ3v) is 2.13. The lowest BCUT2D eigenvalue weighted by molar-refractivity contribution is -0.124. The molecule has 1 rings (SSSR count). The van der Waals surface area contributed by atoms with Gasteiger partial charge in [-0.15, -0.1) is 0 Å². The topological polar surface area (TPSA) is 38.3 Å². The first kappa shape index (κ1) is 11.6. The van der Waals surface area contributed by atoms with Crippen molar-refractivity contribution in [2.24, 2.45) is 5.92 Å².